The van der Waals surface area contributed by atoms with Gasteiger partial charge in [0.1, 0.15) is 0 Å². The lowest BCUT2D eigenvalue weighted by molar-refractivity contribution is -0.0845. The van der Waals surface area contributed by atoms with Crippen LogP contribution in [-0.4, -0.2) is 38.5 Å². The summed E-state index contributed by atoms with van der Waals surface area (Å²) in [7, 11) is 1.71. The fourth-order valence-corrected chi connectivity index (χ4v) is 1.26. The zero-order valence-corrected chi connectivity index (χ0v) is 10.2. The Kier molecular flexibility index (Phi) is 7.15. The van der Waals surface area contributed by atoms with Crippen molar-refractivity contribution in [3.63, 3.8) is 0 Å². The van der Waals surface area contributed by atoms with Crippen LogP contribution in [0.3, 0.4) is 0 Å². The van der Waals surface area contributed by atoms with Crippen molar-refractivity contribution in [2.75, 3.05) is 26.8 Å². The van der Waals surface area contributed by atoms with Crippen molar-refractivity contribution in [3.05, 3.63) is 0 Å². The van der Waals surface area contributed by atoms with Crippen LogP contribution in [-0.2, 0) is 9.47 Å². The maximum absolute atomic E-state index is 5.84. The molecule has 0 radical (unpaired) electrons. The normalized spacial score (nSPS) is 14.4. The molecule has 0 rings (SSSR count). The van der Waals surface area contributed by atoms with Crippen molar-refractivity contribution in [3.8, 4) is 0 Å². The number of nitrogens with one attached hydrogen (secondary N) is 1. The van der Waals surface area contributed by atoms with Crippen LogP contribution >= 0.6 is 0 Å². The molecule has 0 aliphatic rings. The van der Waals surface area contributed by atoms with Crippen LogP contribution in [0.2, 0.25) is 0 Å². The van der Waals surface area contributed by atoms with E-state index >= 15 is 0 Å². The molecule has 0 aliphatic carbocycles. The summed E-state index contributed by atoms with van der Waals surface area (Å²) in [6, 6.07) is 0. The zero-order valence-electron chi connectivity index (χ0n) is 10.2. The lowest BCUT2D eigenvalue weighted by Gasteiger charge is -2.27. The minimum atomic E-state index is -0.100. The van der Waals surface area contributed by atoms with Crippen molar-refractivity contribution in [2.24, 2.45) is 0 Å². The van der Waals surface area contributed by atoms with E-state index in [1.807, 2.05) is 0 Å². The highest BCUT2D eigenvalue weighted by Crippen LogP contribution is 2.10. The van der Waals surface area contributed by atoms with Crippen molar-refractivity contribution < 1.29 is 9.47 Å². The van der Waals surface area contributed by atoms with Crippen molar-refractivity contribution in [1.82, 2.24) is 5.32 Å². The van der Waals surface area contributed by atoms with E-state index in [4.69, 9.17) is 9.47 Å². The molecule has 3 nitrogen and oxygen atoms in total. The van der Waals surface area contributed by atoms with E-state index in [2.05, 4.69) is 33.0 Å². The number of hydrogen-bond donors (Lipinski definition) is 1. The fourth-order valence-electron chi connectivity index (χ4n) is 1.26. The maximum Gasteiger partial charge on any atom is 0.0939 e. The zero-order chi connectivity index (χ0) is 11.0. The molecule has 1 unspecified atom stereocenters. The molecule has 86 valence electrons. The average molecular weight is 203 g/mol. The molecule has 0 heterocycles. The molecule has 0 amide bonds. The smallest absolute Gasteiger partial charge is 0.0939 e. The second-order valence-corrected chi connectivity index (χ2v) is 4.51. The highest BCUT2D eigenvalue weighted by Gasteiger charge is 2.18. The van der Waals surface area contributed by atoms with Gasteiger partial charge in [-0.1, -0.05) is 6.92 Å². The summed E-state index contributed by atoms with van der Waals surface area (Å²) in [4.78, 5) is 0. The molecule has 0 spiro atoms. The minimum Gasteiger partial charge on any atom is -0.382 e. The quantitative estimate of drug-likeness (QED) is 0.640. The maximum atomic E-state index is 5.84. The molecule has 0 aromatic carbocycles. The van der Waals surface area contributed by atoms with Gasteiger partial charge < -0.3 is 14.8 Å². The highest BCUT2D eigenvalue weighted by molar-refractivity contribution is 4.68. The largest absolute Gasteiger partial charge is 0.382 e. The Morgan fingerprint density at radius 1 is 1.29 bits per heavy atom. The Morgan fingerprint density at radius 3 is 2.36 bits per heavy atom. The first-order chi connectivity index (χ1) is 6.49. The number of ether oxygens (including phenoxy) is 2. The summed E-state index contributed by atoms with van der Waals surface area (Å²) in [5.74, 6) is 0. The fraction of sp³-hybridized carbons (Fsp3) is 1.00. The first kappa shape index (κ1) is 13.9. The number of methoxy groups -OCH3 is 1. The second kappa shape index (κ2) is 7.21. The van der Waals surface area contributed by atoms with Gasteiger partial charge in [0.25, 0.3) is 0 Å². The molecule has 3 heteroatoms. The van der Waals surface area contributed by atoms with E-state index in [0.717, 1.165) is 19.5 Å². The van der Waals surface area contributed by atoms with E-state index in [-0.39, 0.29) is 11.7 Å². The van der Waals surface area contributed by atoms with Gasteiger partial charge in [0.15, 0.2) is 0 Å². The summed E-state index contributed by atoms with van der Waals surface area (Å²) in [5.41, 5.74) is -0.100. The molecule has 1 atom stereocenters. The van der Waals surface area contributed by atoms with Crippen molar-refractivity contribution >= 4 is 0 Å². The first-order valence-electron chi connectivity index (χ1n) is 5.37. The third-order valence-corrected chi connectivity index (χ3v) is 1.67. The van der Waals surface area contributed by atoms with Gasteiger partial charge in [0.05, 0.1) is 18.3 Å². The van der Waals surface area contributed by atoms with E-state index in [9.17, 15) is 0 Å². The molecule has 0 saturated carbocycles. The summed E-state index contributed by atoms with van der Waals surface area (Å²) in [5, 5.41) is 3.34. The molecule has 0 aromatic heterocycles. The third kappa shape index (κ3) is 8.48. The van der Waals surface area contributed by atoms with Crippen LogP contribution in [0.1, 0.15) is 34.1 Å². The van der Waals surface area contributed by atoms with Crippen LogP contribution in [0.4, 0.5) is 0 Å². The topological polar surface area (TPSA) is 30.5 Å². The molecule has 0 saturated heterocycles. The van der Waals surface area contributed by atoms with Gasteiger partial charge in [-0.2, -0.15) is 0 Å². The highest BCUT2D eigenvalue weighted by atomic mass is 16.5. The Bertz CT molecular complexity index is 132. The Hall–Kier alpha value is -0.120. The molecule has 0 aromatic rings. The van der Waals surface area contributed by atoms with Crippen molar-refractivity contribution in [2.45, 2.75) is 45.8 Å². The SMILES string of the molecule is CCCNCC(COC)OC(C)(C)C. The van der Waals surface area contributed by atoms with Crippen LogP contribution in [0.25, 0.3) is 0 Å². The molecular formula is C11H25NO2. The van der Waals surface area contributed by atoms with Gasteiger partial charge in [-0.05, 0) is 33.7 Å². The summed E-state index contributed by atoms with van der Waals surface area (Å²) in [6.07, 6.45) is 1.29. The Labute approximate surface area is 88.2 Å². The average Bonchev–Trinajstić information content (AvgIpc) is 2.02. The second-order valence-electron chi connectivity index (χ2n) is 4.51. The van der Waals surface area contributed by atoms with E-state index in [1.165, 1.54) is 0 Å². The molecule has 0 aliphatic heterocycles. The summed E-state index contributed by atoms with van der Waals surface area (Å²) in [6.45, 7) is 10.9. The van der Waals surface area contributed by atoms with E-state index in [1.54, 1.807) is 7.11 Å². The monoisotopic (exact) mass is 203 g/mol. The van der Waals surface area contributed by atoms with Gasteiger partial charge >= 0.3 is 0 Å². The minimum absolute atomic E-state index is 0.100. The van der Waals surface area contributed by atoms with Crippen LogP contribution in [0, 0.1) is 0 Å². The number of rotatable bonds is 7. The predicted octanol–water partition coefficient (Wildman–Crippen LogP) is 1.82. The van der Waals surface area contributed by atoms with Gasteiger partial charge in [-0.3, -0.25) is 0 Å². The van der Waals surface area contributed by atoms with Crippen LogP contribution in [0.5, 0.6) is 0 Å². The predicted molar refractivity (Wildman–Crippen MR) is 59.7 cm³/mol. The van der Waals surface area contributed by atoms with Gasteiger partial charge in [0, 0.05) is 13.7 Å². The lowest BCUT2D eigenvalue weighted by atomic mass is 10.2. The van der Waals surface area contributed by atoms with E-state index < -0.39 is 0 Å². The van der Waals surface area contributed by atoms with Gasteiger partial charge in [-0.15, -0.1) is 0 Å². The molecule has 14 heavy (non-hydrogen) atoms. The third-order valence-electron chi connectivity index (χ3n) is 1.67. The van der Waals surface area contributed by atoms with Crippen molar-refractivity contribution in [1.29, 1.82) is 0 Å². The molecular weight excluding hydrogens is 178 g/mol. The first-order valence-corrected chi connectivity index (χ1v) is 5.37. The van der Waals surface area contributed by atoms with Crippen LogP contribution in [0.15, 0.2) is 0 Å². The van der Waals surface area contributed by atoms with Crippen LogP contribution < -0.4 is 5.32 Å². The van der Waals surface area contributed by atoms with E-state index in [0.29, 0.717) is 6.61 Å². The Morgan fingerprint density at radius 2 is 1.93 bits per heavy atom. The van der Waals surface area contributed by atoms with Gasteiger partial charge in [0.2, 0.25) is 0 Å². The molecule has 0 bridgehead atoms. The summed E-state index contributed by atoms with van der Waals surface area (Å²) >= 11 is 0. The summed E-state index contributed by atoms with van der Waals surface area (Å²) < 4.78 is 11.0. The molecule has 0 fully saturated rings. The number of hydrogen-bond acceptors (Lipinski definition) is 3. The lowest BCUT2D eigenvalue weighted by Crippen LogP contribution is -2.38. The Balaban J connectivity index is 3.77. The molecule has 1 N–H and O–H groups in total. The standard InChI is InChI=1S/C11H25NO2/c1-6-7-12-8-10(9-13-5)14-11(2,3)4/h10,12H,6-9H2,1-5H3. The van der Waals surface area contributed by atoms with Gasteiger partial charge in [-0.25, -0.2) is 0 Å².